The van der Waals surface area contributed by atoms with Gasteiger partial charge in [0, 0.05) is 29.5 Å². The molecule has 0 saturated heterocycles. The van der Waals surface area contributed by atoms with Crippen LogP contribution in [0.15, 0.2) is 46.9 Å². The predicted molar refractivity (Wildman–Crippen MR) is 149 cm³/mol. The number of amides is 2. The summed E-state index contributed by atoms with van der Waals surface area (Å²) in [5.74, 6) is -0.444. The molecule has 0 saturated carbocycles. The molecule has 0 bridgehead atoms. The lowest BCUT2D eigenvalue weighted by Gasteiger charge is -2.32. The van der Waals surface area contributed by atoms with E-state index in [-0.39, 0.29) is 31.3 Å². The highest BCUT2D eigenvalue weighted by atomic mass is 79.9. The Labute approximate surface area is 224 Å². The highest BCUT2D eigenvalue weighted by Crippen LogP contribution is 2.25. The van der Waals surface area contributed by atoms with Crippen LogP contribution in [0.3, 0.4) is 0 Å². The molecule has 0 aliphatic heterocycles. The molecule has 9 heteroatoms. The normalized spacial score (nSPS) is 12.7. The lowest BCUT2D eigenvalue weighted by molar-refractivity contribution is -0.141. The molecule has 1 atom stereocenters. The maximum Gasteiger partial charge on any atom is 0.242 e. The molecule has 1 N–H and O–H groups in total. The Balaban J connectivity index is 2.23. The van der Waals surface area contributed by atoms with Crippen LogP contribution in [0.4, 0.5) is 5.69 Å². The van der Waals surface area contributed by atoms with Crippen LogP contribution in [0, 0.1) is 13.8 Å². The summed E-state index contributed by atoms with van der Waals surface area (Å²) in [6, 6.07) is 12.6. The molecule has 0 aliphatic rings. The Morgan fingerprint density at radius 1 is 1.08 bits per heavy atom. The van der Waals surface area contributed by atoms with E-state index in [1.807, 2.05) is 77.1 Å². The zero-order valence-electron chi connectivity index (χ0n) is 22.3. The molecule has 36 heavy (non-hydrogen) atoms. The van der Waals surface area contributed by atoms with Crippen LogP contribution >= 0.6 is 15.9 Å². The van der Waals surface area contributed by atoms with Crippen LogP contribution < -0.4 is 9.62 Å². The minimum atomic E-state index is -3.54. The van der Waals surface area contributed by atoms with E-state index in [9.17, 15) is 18.0 Å². The maximum absolute atomic E-state index is 13.4. The summed E-state index contributed by atoms with van der Waals surface area (Å²) in [6.07, 6.45) is 1.61. The number of carbonyl (C=O) groups excluding carboxylic acids is 2. The van der Waals surface area contributed by atoms with Crippen molar-refractivity contribution in [2.75, 3.05) is 17.1 Å². The van der Waals surface area contributed by atoms with Crippen molar-refractivity contribution in [3.8, 4) is 0 Å². The number of hydrogen-bond acceptors (Lipinski definition) is 4. The van der Waals surface area contributed by atoms with E-state index in [0.29, 0.717) is 12.1 Å². The molecule has 2 rings (SSSR count). The SMILES string of the molecule is Cc1ccc(C)c(N(CCCC(=O)N(Cc2cccc(Br)c2)[C@@H](C)C(=O)NC(C)(C)C)S(C)(=O)=O)c1. The van der Waals surface area contributed by atoms with E-state index >= 15 is 0 Å². The van der Waals surface area contributed by atoms with Gasteiger partial charge in [-0.1, -0.05) is 40.2 Å². The molecule has 198 valence electrons. The number of rotatable bonds is 10. The highest BCUT2D eigenvalue weighted by molar-refractivity contribution is 9.10. The second-order valence-electron chi connectivity index (χ2n) is 10.3. The summed E-state index contributed by atoms with van der Waals surface area (Å²) < 4.78 is 27.4. The average Bonchev–Trinajstić information content (AvgIpc) is 2.74. The van der Waals surface area contributed by atoms with E-state index in [4.69, 9.17) is 0 Å². The van der Waals surface area contributed by atoms with E-state index in [2.05, 4.69) is 21.2 Å². The lowest BCUT2D eigenvalue weighted by Crippen LogP contribution is -2.52. The Morgan fingerprint density at radius 2 is 1.75 bits per heavy atom. The van der Waals surface area contributed by atoms with Gasteiger partial charge in [0.05, 0.1) is 11.9 Å². The highest BCUT2D eigenvalue weighted by Gasteiger charge is 2.29. The molecule has 2 aromatic carbocycles. The predicted octanol–water partition coefficient (Wildman–Crippen LogP) is 4.94. The largest absolute Gasteiger partial charge is 0.350 e. The minimum absolute atomic E-state index is 0.109. The van der Waals surface area contributed by atoms with Crippen molar-refractivity contribution in [1.82, 2.24) is 10.2 Å². The Morgan fingerprint density at radius 3 is 2.33 bits per heavy atom. The first-order valence-corrected chi connectivity index (χ1v) is 14.6. The van der Waals surface area contributed by atoms with Crippen LogP contribution in [-0.2, 0) is 26.2 Å². The number of aryl methyl sites for hydroxylation is 2. The van der Waals surface area contributed by atoms with Crippen LogP contribution in [0.1, 0.15) is 57.2 Å². The number of anilines is 1. The zero-order chi connectivity index (χ0) is 27.3. The molecule has 2 aromatic rings. The average molecular weight is 581 g/mol. The first-order chi connectivity index (χ1) is 16.6. The molecular formula is C27H38BrN3O4S. The molecule has 0 aromatic heterocycles. The number of carbonyl (C=O) groups is 2. The molecule has 7 nitrogen and oxygen atoms in total. The molecule has 0 spiro atoms. The van der Waals surface area contributed by atoms with Gasteiger partial charge in [0.2, 0.25) is 21.8 Å². The van der Waals surface area contributed by atoms with Gasteiger partial charge in [-0.15, -0.1) is 0 Å². The maximum atomic E-state index is 13.4. The van der Waals surface area contributed by atoms with E-state index in [1.54, 1.807) is 11.8 Å². The van der Waals surface area contributed by atoms with Crippen molar-refractivity contribution in [3.63, 3.8) is 0 Å². The molecule has 0 heterocycles. The van der Waals surface area contributed by atoms with Gasteiger partial charge >= 0.3 is 0 Å². The zero-order valence-corrected chi connectivity index (χ0v) is 24.7. The number of halogens is 1. The van der Waals surface area contributed by atoms with Crippen molar-refractivity contribution < 1.29 is 18.0 Å². The fourth-order valence-electron chi connectivity index (χ4n) is 3.86. The van der Waals surface area contributed by atoms with Gasteiger partial charge < -0.3 is 10.2 Å². The van der Waals surface area contributed by atoms with E-state index in [1.165, 1.54) is 10.6 Å². The van der Waals surface area contributed by atoms with Crippen LogP contribution in [0.5, 0.6) is 0 Å². The lowest BCUT2D eigenvalue weighted by atomic mass is 10.1. The molecule has 0 fully saturated rings. The summed E-state index contributed by atoms with van der Waals surface area (Å²) in [5.41, 5.74) is 2.88. The van der Waals surface area contributed by atoms with Crippen LogP contribution in [0.25, 0.3) is 0 Å². The van der Waals surface area contributed by atoms with Crippen LogP contribution in [-0.4, -0.2) is 49.5 Å². The van der Waals surface area contributed by atoms with Crippen molar-refractivity contribution in [1.29, 1.82) is 0 Å². The Kier molecular flexibility index (Phi) is 10.1. The van der Waals surface area contributed by atoms with Gasteiger partial charge in [-0.3, -0.25) is 13.9 Å². The summed E-state index contributed by atoms with van der Waals surface area (Å²) in [4.78, 5) is 27.9. The molecule has 0 aliphatic carbocycles. The first-order valence-electron chi connectivity index (χ1n) is 12.0. The van der Waals surface area contributed by atoms with Gasteiger partial charge in [-0.25, -0.2) is 8.42 Å². The third kappa shape index (κ3) is 8.92. The van der Waals surface area contributed by atoms with Gasteiger partial charge in [0.15, 0.2) is 0 Å². The van der Waals surface area contributed by atoms with Crippen molar-refractivity contribution in [2.45, 2.75) is 72.5 Å². The molecule has 0 unspecified atom stereocenters. The number of hydrogen-bond donors (Lipinski definition) is 1. The first kappa shape index (κ1) is 29.8. The quantitative estimate of drug-likeness (QED) is 0.431. The smallest absolute Gasteiger partial charge is 0.242 e. The van der Waals surface area contributed by atoms with Crippen molar-refractivity contribution in [3.05, 3.63) is 63.6 Å². The number of benzene rings is 2. The number of sulfonamides is 1. The van der Waals surface area contributed by atoms with Gasteiger partial charge in [0.1, 0.15) is 6.04 Å². The second-order valence-corrected chi connectivity index (χ2v) is 13.1. The van der Waals surface area contributed by atoms with Crippen molar-refractivity contribution >= 4 is 43.5 Å². The third-order valence-electron chi connectivity index (χ3n) is 5.69. The van der Waals surface area contributed by atoms with Gasteiger partial charge in [0.25, 0.3) is 0 Å². The van der Waals surface area contributed by atoms with Gasteiger partial charge in [-0.05, 0) is 82.9 Å². The summed E-state index contributed by atoms with van der Waals surface area (Å²) in [7, 11) is -3.54. The summed E-state index contributed by atoms with van der Waals surface area (Å²) in [6.45, 7) is 11.6. The molecule has 2 amide bonds. The topological polar surface area (TPSA) is 86.8 Å². The third-order valence-corrected chi connectivity index (χ3v) is 7.37. The Bertz CT molecular complexity index is 1190. The van der Waals surface area contributed by atoms with Crippen molar-refractivity contribution in [2.24, 2.45) is 0 Å². The number of nitrogens with one attached hydrogen (secondary N) is 1. The molecular weight excluding hydrogens is 542 g/mol. The summed E-state index contributed by atoms with van der Waals surface area (Å²) >= 11 is 3.46. The Hall–Kier alpha value is -2.39. The number of nitrogens with zero attached hydrogens (tertiary/aromatic N) is 2. The standard InChI is InChI=1S/C27H38BrN3O4S/c1-19-13-14-20(2)24(16-19)31(36(7,34)35)15-9-12-25(32)30(18-22-10-8-11-23(28)17-22)21(3)26(33)29-27(4,5)6/h8,10-11,13-14,16-17,21H,9,12,15,18H2,1-7H3,(H,29,33)/t21-/m0/s1. The fourth-order valence-corrected chi connectivity index (χ4v) is 5.32. The van der Waals surface area contributed by atoms with E-state index < -0.39 is 21.6 Å². The second kappa shape index (κ2) is 12.2. The monoisotopic (exact) mass is 579 g/mol. The minimum Gasteiger partial charge on any atom is -0.350 e. The van der Waals surface area contributed by atoms with Gasteiger partial charge in [-0.2, -0.15) is 0 Å². The summed E-state index contributed by atoms with van der Waals surface area (Å²) in [5, 5.41) is 2.95. The fraction of sp³-hybridized carbons (Fsp3) is 0.481. The molecule has 0 radical (unpaired) electrons. The van der Waals surface area contributed by atoms with Crippen LogP contribution in [0.2, 0.25) is 0 Å². The van der Waals surface area contributed by atoms with E-state index in [0.717, 1.165) is 21.2 Å².